The van der Waals surface area contributed by atoms with Gasteiger partial charge >= 0.3 is 0 Å². The first-order valence-corrected chi connectivity index (χ1v) is 10.8. The number of Topliss-reactive ketones (excluding diaryl/α,β-unsaturated/α-hetero) is 1. The first-order chi connectivity index (χ1) is 14.2. The van der Waals surface area contributed by atoms with Crippen LogP contribution in [0.4, 0.5) is 5.69 Å². The van der Waals surface area contributed by atoms with Gasteiger partial charge in [-0.05, 0) is 61.8 Å². The summed E-state index contributed by atoms with van der Waals surface area (Å²) in [5, 5.41) is 5.76. The molecule has 1 aliphatic carbocycles. The van der Waals surface area contributed by atoms with E-state index in [9.17, 15) is 14.4 Å². The Morgan fingerprint density at radius 1 is 1.30 bits per heavy atom. The van der Waals surface area contributed by atoms with E-state index in [1.165, 1.54) is 0 Å². The lowest BCUT2D eigenvalue weighted by Crippen LogP contribution is -2.54. The minimum Gasteiger partial charge on any atom is -0.399 e. The maximum atomic E-state index is 13.2. The van der Waals surface area contributed by atoms with Crippen LogP contribution in [0.2, 0.25) is 0 Å². The van der Waals surface area contributed by atoms with Crippen LogP contribution in [-0.2, 0) is 14.3 Å². The number of hydrogen-bond donors (Lipinski definition) is 3. The molecule has 3 atom stereocenters. The Morgan fingerprint density at radius 2 is 2.00 bits per heavy atom. The second kappa shape index (κ2) is 9.16. The van der Waals surface area contributed by atoms with Crippen molar-refractivity contribution in [2.75, 3.05) is 12.3 Å². The van der Waals surface area contributed by atoms with Crippen molar-refractivity contribution >= 4 is 23.3 Å². The molecule has 0 bridgehead atoms. The van der Waals surface area contributed by atoms with Crippen molar-refractivity contribution in [1.82, 2.24) is 10.6 Å². The molecule has 7 heteroatoms. The molecule has 7 nitrogen and oxygen atoms in total. The molecule has 2 amide bonds. The highest BCUT2D eigenvalue weighted by Crippen LogP contribution is 2.41. The Hall–Kier alpha value is -2.41. The van der Waals surface area contributed by atoms with Gasteiger partial charge in [-0.1, -0.05) is 26.7 Å². The second-order valence-electron chi connectivity index (χ2n) is 9.03. The molecule has 2 fully saturated rings. The molecule has 1 saturated heterocycles. The van der Waals surface area contributed by atoms with Gasteiger partial charge in [-0.3, -0.25) is 14.4 Å². The van der Waals surface area contributed by atoms with Crippen LogP contribution in [0.25, 0.3) is 0 Å². The van der Waals surface area contributed by atoms with Crippen molar-refractivity contribution in [1.29, 1.82) is 0 Å². The zero-order valence-corrected chi connectivity index (χ0v) is 18.1. The van der Waals surface area contributed by atoms with Crippen molar-refractivity contribution in [2.45, 2.75) is 77.5 Å². The number of anilines is 1. The van der Waals surface area contributed by atoms with E-state index in [4.69, 9.17) is 10.5 Å². The monoisotopic (exact) mass is 415 g/mol. The van der Waals surface area contributed by atoms with Crippen LogP contribution < -0.4 is 16.4 Å². The average molecular weight is 416 g/mol. The summed E-state index contributed by atoms with van der Waals surface area (Å²) < 4.78 is 5.47. The van der Waals surface area contributed by atoms with Gasteiger partial charge in [-0.2, -0.15) is 0 Å². The number of carbonyl (C=O) groups excluding carboxylic acids is 3. The SMILES string of the molecule is CC[C@@H]1OCC(=O)[C@H]1NC(=O)[C@H](CC1(C)CCCC1)NC(=O)c1ccc(N)c(C)c1. The molecule has 1 aromatic rings. The molecule has 164 valence electrons. The molecule has 0 radical (unpaired) electrons. The van der Waals surface area contributed by atoms with Crippen molar-refractivity contribution in [3.05, 3.63) is 29.3 Å². The zero-order chi connectivity index (χ0) is 21.9. The standard InChI is InChI=1S/C23H33N3O4/c1-4-19-20(18(27)13-30-19)26-22(29)17(12-23(3)9-5-6-10-23)25-21(28)15-7-8-16(24)14(2)11-15/h7-8,11,17,19-20H,4-6,9-10,12-13,24H2,1-3H3,(H,25,28)(H,26,29)/t17-,19-,20+/m0/s1. The fraction of sp³-hybridized carbons (Fsp3) is 0.609. The van der Waals surface area contributed by atoms with Crippen LogP contribution >= 0.6 is 0 Å². The number of ether oxygens (including phenoxy) is 1. The summed E-state index contributed by atoms with van der Waals surface area (Å²) in [7, 11) is 0. The largest absolute Gasteiger partial charge is 0.399 e. The Bertz CT molecular complexity index is 817. The quantitative estimate of drug-likeness (QED) is 0.593. The summed E-state index contributed by atoms with van der Waals surface area (Å²) in [6, 6.07) is 3.70. The molecule has 0 unspecified atom stereocenters. The van der Waals surface area contributed by atoms with Crippen molar-refractivity contribution < 1.29 is 19.1 Å². The first kappa shape index (κ1) is 22.3. The lowest BCUT2D eigenvalue weighted by atomic mass is 9.81. The molecule has 1 aliphatic heterocycles. The number of benzene rings is 1. The van der Waals surface area contributed by atoms with E-state index >= 15 is 0 Å². The van der Waals surface area contributed by atoms with Gasteiger partial charge in [0.25, 0.3) is 5.91 Å². The van der Waals surface area contributed by atoms with Gasteiger partial charge in [-0.15, -0.1) is 0 Å². The number of nitrogens with one attached hydrogen (secondary N) is 2. The van der Waals surface area contributed by atoms with E-state index < -0.39 is 12.1 Å². The second-order valence-corrected chi connectivity index (χ2v) is 9.03. The van der Waals surface area contributed by atoms with Crippen LogP contribution in [0.1, 0.15) is 68.3 Å². The molecule has 1 saturated carbocycles. The molecular weight excluding hydrogens is 382 g/mol. The Kier molecular flexibility index (Phi) is 6.81. The molecule has 30 heavy (non-hydrogen) atoms. The highest BCUT2D eigenvalue weighted by atomic mass is 16.5. The zero-order valence-electron chi connectivity index (χ0n) is 18.1. The van der Waals surface area contributed by atoms with Gasteiger partial charge in [0.2, 0.25) is 5.91 Å². The Labute approximate surface area is 178 Å². The van der Waals surface area contributed by atoms with Crippen LogP contribution in [0.3, 0.4) is 0 Å². The topological polar surface area (TPSA) is 111 Å². The molecule has 1 heterocycles. The van der Waals surface area contributed by atoms with Gasteiger partial charge in [-0.25, -0.2) is 0 Å². The molecule has 0 spiro atoms. The summed E-state index contributed by atoms with van der Waals surface area (Å²) in [5.41, 5.74) is 7.74. The van der Waals surface area contributed by atoms with Crippen molar-refractivity contribution in [2.24, 2.45) is 5.41 Å². The number of nitrogen functional groups attached to an aromatic ring is 1. The van der Waals surface area contributed by atoms with E-state index in [0.29, 0.717) is 24.1 Å². The Balaban J connectivity index is 1.77. The molecular formula is C23H33N3O4. The van der Waals surface area contributed by atoms with Gasteiger partial charge in [0.1, 0.15) is 18.7 Å². The summed E-state index contributed by atoms with van der Waals surface area (Å²) >= 11 is 0. The van der Waals surface area contributed by atoms with Crippen LogP contribution in [0.15, 0.2) is 18.2 Å². The lowest BCUT2D eigenvalue weighted by Gasteiger charge is -2.30. The number of nitrogens with two attached hydrogens (primary N) is 1. The van der Waals surface area contributed by atoms with E-state index in [0.717, 1.165) is 31.2 Å². The first-order valence-electron chi connectivity index (χ1n) is 10.8. The van der Waals surface area contributed by atoms with Gasteiger partial charge in [0.15, 0.2) is 5.78 Å². The van der Waals surface area contributed by atoms with Crippen molar-refractivity contribution in [3.8, 4) is 0 Å². The fourth-order valence-corrected chi connectivity index (χ4v) is 4.56. The van der Waals surface area contributed by atoms with Crippen molar-refractivity contribution in [3.63, 3.8) is 0 Å². The third-order valence-electron chi connectivity index (χ3n) is 6.52. The van der Waals surface area contributed by atoms with Crippen LogP contribution in [-0.4, -0.2) is 42.4 Å². The highest BCUT2D eigenvalue weighted by molar-refractivity contribution is 5.99. The smallest absolute Gasteiger partial charge is 0.251 e. The predicted octanol–water partition coefficient (Wildman–Crippen LogP) is 2.51. The molecule has 2 aliphatic rings. The third-order valence-corrected chi connectivity index (χ3v) is 6.52. The fourth-order valence-electron chi connectivity index (χ4n) is 4.56. The minimum atomic E-state index is -0.718. The lowest BCUT2D eigenvalue weighted by molar-refractivity contribution is -0.128. The van der Waals surface area contributed by atoms with Gasteiger partial charge in [0, 0.05) is 11.3 Å². The normalized spacial score (nSPS) is 23.9. The number of ketones is 1. The number of amides is 2. The van der Waals surface area contributed by atoms with E-state index in [2.05, 4.69) is 17.6 Å². The molecule has 3 rings (SSSR count). The van der Waals surface area contributed by atoms with Gasteiger partial charge < -0.3 is 21.1 Å². The van der Waals surface area contributed by atoms with Crippen LogP contribution in [0, 0.1) is 12.3 Å². The maximum Gasteiger partial charge on any atom is 0.251 e. The summed E-state index contributed by atoms with van der Waals surface area (Å²) in [4.78, 5) is 38.3. The number of hydrogen-bond acceptors (Lipinski definition) is 5. The Morgan fingerprint density at radius 3 is 2.63 bits per heavy atom. The van der Waals surface area contributed by atoms with E-state index in [-0.39, 0.29) is 35.7 Å². The molecule has 0 aromatic heterocycles. The summed E-state index contributed by atoms with van der Waals surface area (Å²) in [6.07, 6.45) is 5.16. The van der Waals surface area contributed by atoms with Crippen LogP contribution in [0.5, 0.6) is 0 Å². The number of carbonyl (C=O) groups is 3. The minimum absolute atomic E-state index is 0.00728. The maximum absolute atomic E-state index is 13.2. The molecule has 4 N–H and O–H groups in total. The average Bonchev–Trinajstić information content (AvgIpc) is 3.29. The van der Waals surface area contributed by atoms with E-state index in [1.54, 1.807) is 18.2 Å². The highest BCUT2D eigenvalue weighted by Gasteiger charge is 2.39. The van der Waals surface area contributed by atoms with E-state index in [1.807, 2.05) is 13.8 Å². The predicted molar refractivity (Wildman–Crippen MR) is 115 cm³/mol. The summed E-state index contributed by atoms with van der Waals surface area (Å²) in [6.45, 7) is 5.94. The number of rotatable bonds is 7. The number of aryl methyl sites for hydroxylation is 1. The summed E-state index contributed by atoms with van der Waals surface area (Å²) in [5.74, 6) is -0.770. The van der Waals surface area contributed by atoms with Gasteiger partial charge in [0.05, 0.1) is 6.10 Å². The molecule has 1 aromatic carbocycles. The third kappa shape index (κ3) is 5.01.